The number of nitrogens with zero attached hydrogens (tertiary/aromatic N) is 2. The van der Waals surface area contributed by atoms with E-state index in [1.165, 1.54) is 16.9 Å². The van der Waals surface area contributed by atoms with Gasteiger partial charge in [-0.2, -0.15) is 0 Å². The van der Waals surface area contributed by atoms with E-state index >= 15 is 0 Å². The molecule has 0 fully saturated rings. The number of hydrogen-bond acceptors (Lipinski definition) is 6. The van der Waals surface area contributed by atoms with Crippen molar-refractivity contribution in [3.8, 4) is 0 Å². The van der Waals surface area contributed by atoms with Crippen LogP contribution in [0.15, 0.2) is 81.8 Å². The van der Waals surface area contributed by atoms with Crippen LogP contribution in [0.25, 0.3) is 21.7 Å². The number of carbonyl (C=O) groups excluding carboxylic acids is 1. The highest BCUT2D eigenvalue weighted by Crippen LogP contribution is 2.31. The van der Waals surface area contributed by atoms with Crippen LogP contribution in [-0.2, 0) is 17.0 Å². The zero-order valence-electron chi connectivity index (χ0n) is 15.9. The quantitative estimate of drug-likeness (QED) is 0.267. The van der Waals surface area contributed by atoms with Crippen molar-refractivity contribution in [2.45, 2.75) is 16.5 Å². The molecule has 3 aromatic carbocycles. The predicted molar refractivity (Wildman–Crippen MR) is 122 cm³/mol. The summed E-state index contributed by atoms with van der Waals surface area (Å²) in [5.74, 6) is 0.679. The number of amides is 1. The van der Waals surface area contributed by atoms with E-state index < -0.39 is 0 Å². The Morgan fingerprint density at radius 1 is 1.00 bits per heavy atom. The Kier molecular flexibility index (Phi) is 5.21. The number of hydrogen-bond donors (Lipinski definition) is 1. The van der Waals surface area contributed by atoms with Gasteiger partial charge in [0.15, 0.2) is 4.34 Å². The summed E-state index contributed by atoms with van der Waals surface area (Å²) in [4.78, 5) is 12.6. The number of rotatable bonds is 6. The van der Waals surface area contributed by atoms with Crippen molar-refractivity contribution < 1.29 is 9.21 Å². The summed E-state index contributed by atoms with van der Waals surface area (Å²) < 4.78 is 6.51. The summed E-state index contributed by atoms with van der Waals surface area (Å²) in [6.07, 6.45) is 1.88. The molecule has 0 spiro atoms. The van der Waals surface area contributed by atoms with Gasteiger partial charge >= 0.3 is 0 Å². The first-order valence-electron chi connectivity index (χ1n) is 9.44. The minimum Gasteiger partial charge on any atom is -0.464 e. The summed E-state index contributed by atoms with van der Waals surface area (Å²) >= 11 is 2.99. The number of anilines is 1. The molecule has 0 saturated carbocycles. The number of carbonyl (C=O) groups is 1. The number of thioether (sulfide) groups is 1. The van der Waals surface area contributed by atoms with Crippen molar-refractivity contribution in [3.63, 3.8) is 0 Å². The van der Waals surface area contributed by atoms with Gasteiger partial charge in [0.2, 0.25) is 11.0 Å². The smallest absolute Gasteiger partial charge is 0.230 e. The average molecular weight is 432 g/mol. The average Bonchev–Trinajstić information content (AvgIpc) is 3.40. The molecule has 1 N–H and O–H groups in total. The van der Waals surface area contributed by atoms with Gasteiger partial charge in [-0.3, -0.25) is 4.79 Å². The van der Waals surface area contributed by atoms with Gasteiger partial charge in [-0.15, -0.1) is 10.2 Å². The lowest BCUT2D eigenvalue weighted by Gasteiger charge is -2.02. The molecule has 2 heterocycles. The minimum atomic E-state index is -0.138. The Morgan fingerprint density at radius 3 is 2.73 bits per heavy atom. The van der Waals surface area contributed by atoms with Crippen LogP contribution in [-0.4, -0.2) is 16.1 Å². The van der Waals surface area contributed by atoms with Gasteiger partial charge in [-0.25, -0.2) is 0 Å². The van der Waals surface area contributed by atoms with Crippen LogP contribution >= 0.6 is 23.1 Å². The predicted octanol–water partition coefficient (Wildman–Crippen LogP) is 5.91. The molecule has 5 aromatic rings. The number of nitrogens with one attached hydrogen (secondary N) is 1. The summed E-state index contributed by atoms with van der Waals surface area (Å²) in [5.41, 5.74) is 2.87. The topological polar surface area (TPSA) is 68.0 Å². The van der Waals surface area contributed by atoms with E-state index in [2.05, 4.69) is 39.8 Å². The second kappa shape index (κ2) is 8.30. The van der Waals surface area contributed by atoms with Gasteiger partial charge in [0.1, 0.15) is 5.58 Å². The van der Waals surface area contributed by atoms with Crippen molar-refractivity contribution in [2.24, 2.45) is 0 Å². The molecule has 0 aliphatic carbocycles. The summed E-state index contributed by atoms with van der Waals surface area (Å²) in [6.45, 7) is 0. The van der Waals surface area contributed by atoms with Gasteiger partial charge in [0, 0.05) is 16.7 Å². The molecular formula is C23H17N3O2S2. The van der Waals surface area contributed by atoms with Gasteiger partial charge in [-0.1, -0.05) is 83.8 Å². The largest absolute Gasteiger partial charge is 0.464 e. The normalized spacial score (nSPS) is 11.2. The molecule has 0 aliphatic rings. The zero-order valence-corrected chi connectivity index (χ0v) is 17.5. The lowest BCUT2D eigenvalue weighted by Crippen LogP contribution is -2.14. The molecule has 5 rings (SSSR count). The van der Waals surface area contributed by atoms with E-state index in [4.69, 9.17) is 4.42 Å². The molecule has 0 aliphatic heterocycles. The van der Waals surface area contributed by atoms with E-state index in [1.54, 1.807) is 18.0 Å². The SMILES string of the molecule is O=C(Cc1coc2ccc3ccccc3c12)Nc1nnc(SCc2ccccc2)s1. The van der Waals surface area contributed by atoms with Crippen molar-refractivity contribution in [1.82, 2.24) is 10.2 Å². The van der Waals surface area contributed by atoms with Gasteiger partial charge in [0.05, 0.1) is 12.7 Å². The van der Waals surface area contributed by atoms with E-state index in [9.17, 15) is 4.79 Å². The van der Waals surface area contributed by atoms with Crippen LogP contribution in [0.3, 0.4) is 0 Å². The molecule has 0 radical (unpaired) electrons. The third kappa shape index (κ3) is 3.94. The Labute approximate surface area is 181 Å². The molecule has 0 saturated heterocycles. The molecule has 7 heteroatoms. The summed E-state index contributed by atoms with van der Waals surface area (Å²) in [6, 6.07) is 22.3. The highest BCUT2D eigenvalue weighted by Gasteiger charge is 2.15. The van der Waals surface area contributed by atoms with Crippen LogP contribution < -0.4 is 5.32 Å². The van der Waals surface area contributed by atoms with Gasteiger partial charge < -0.3 is 9.73 Å². The van der Waals surface area contributed by atoms with Crippen LogP contribution in [0, 0.1) is 0 Å². The Hall–Kier alpha value is -3.16. The van der Waals surface area contributed by atoms with Crippen molar-refractivity contribution >= 4 is 55.9 Å². The Morgan fingerprint density at radius 2 is 1.83 bits per heavy atom. The highest BCUT2D eigenvalue weighted by molar-refractivity contribution is 8.00. The summed E-state index contributed by atoms with van der Waals surface area (Å²) in [5, 5.41) is 14.8. The van der Waals surface area contributed by atoms with Crippen LogP contribution in [0.4, 0.5) is 5.13 Å². The molecule has 148 valence electrons. The van der Waals surface area contributed by atoms with E-state index in [0.717, 1.165) is 37.4 Å². The van der Waals surface area contributed by atoms with Crippen molar-refractivity contribution in [1.29, 1.82) is 0 Å². The number of furan rings is 1. The minimum absolute atomic E-state index is 0.138. The first kappa shape index (κ1) is 18.8. The van der Waals surface area contributed by atoms with E-state index in [1.807, 2.05) is 42.5 Å². The van der Waals surface area contributed by atoms with Crippen LogP contribution in [0.2, 0.25) is 0 Å². The van der Waals surface area contributed by atoms with Gasteiger partial charge in [0.25, 0.3) is 0 Å². The fourth-order valence-electron chi connectivity index (χ4n) is 3.38. The molecular weight excluding hydrogens is 414 g/mol. The van der Waals surface area contributed by atoms with Crippen LogP contribution in [0.1, 0.15) is 11.1 Å². The zero-order chi connectivity index (χ0) is 20.3. The number of benzene rings is 3. The fourth-order valence-corrected chi connectivity index (χ4v) is 5.10. The lowest BCUT2D eigenvalue weighted by molar-refractivity contribution is -0.115. The fraction of sp³-hybridized carbons (Fsp3) is 0.0870. The monoisotopic (exact) mass is 431 g/mol. The Balaban J connectivity index is 1.28. The molecule has 0 atom stereocenters. The van der Waals surface area contributed by atoms with Crippen molar-refractivity contribution in [2.75, 3.05) is 5.32 Å². The molecule has 30 heavy (non-hydrogen) atoms. The molecule has 2 aromatic heterocycles. The standard InChI is InChI=1S/C23H17N3O2S2/c27-20(24-22-25-26-23(30-22)29-14-15-6-2-1-3-7-15)12-17-13-28-19-11-10-16-8-4-5-9-18(16)21(17)19/h1-11,13H,12,14H2,(H,24,25,27). The van der Waals surface area contributed by atoms with Gasteiger partial charge in [-0.05, 0) is 22.4 Å². The summed E-state index contributed by atoms with van der Waals surface area (Å²) in [7, 11) is 0. The molecule has 0 bridgehead atoms. The highest BCUT2D eigenvalue weighted by atomic mass is 32.2. The first-order chi connectivity index (χ1) is 14.8. The van der Waals surface area contributed by atoms with E-state index in [-0.39, 0.29) is 12.3 Å². The Bertz CT molecular complexity index is 1330. The number of fused-ring (bicyclic) bond motifs is 3. The second-order valence-corrected chi connectivity index (χ2v) is 8.99. The number of aromatic nitrogens is 2. The van der Waals surface area contributed by atoms with E-state index in [0.29, 0.717) is 5.13 Å². The molecule has 1 amide bonds. The first-order valence-corrected chi connectivity index (χ1v) is 11.2. The van der Waals surface area contributed by atoms with Crippen LogP contribution in [0.5, 0.6) is 0 Å². The maximum absolute atomic E-state index is 12.6. The molecule has 5 nitrogen and oxygen atoms in total. The lowest BCUT2D eigenvalue weighted by atomic mass is 10.0. The molecule has 0 unspecified atom stereocenters. The third-order valence-corrected chi connectivity index (χ3v) is 6.79. The maximum atomic E-state index is 12.6. The van der Waals surface area contributed by atoms with Crippen molar-refractivity contribution in [3.05, 3.63) is 84.1 Å². The second-order valence-electron chi connectivity index (χ2n) is 6.79. The third-order valence-electron chi connectivity index (χ3n) is 4.75. The maximum Gasteiger partial charge on any atom is 0.230 e.